The van der Waals surface area contributed by atoms with Crippen LogP contribution in [0.25, 0.3) is 15.9 Å². The average molecular weight is 418 g/mol. The number of ketones is 1. The number of nitrogens with zero attached hydrogens (tertiary/aromatic N) is 1. The highest BCUT2D eigenvalue weighted by atomic mass is 32.1. The van der Waals surface area contributed by atoms with Crippen LogP contribution in [0.1, 0.15) is 22.8 Å². The van der Waals surface area contributed by atoms with E-state index in [1.165, 1.54) is 31.4 Å². The summed E-state index contributed by atoms with van der Waals surface area (Å²) in [4.78, 5) is 38.6. The molecule has 0 spiro atoms. The summed E-state index contributed by atoms with van der Waals surface area (Å²) in [6, 6.07) is 19.2. The van der Waals surface area contributed by atoms with Crippen LogP contribution in [-0.2, 0) is 4.79 Å². The van der Waals surface area contributed by atoms with Crippen molar-refractivity contribution in [2.75, 3.05) is 12.4 Å². The highest BCUT2D eigenvalue weighted by Gasteiger charge is 2.25. The molecule has 0 saturated carbocycles. The van der Waals surface area contributed by atoms with Gasteiger partial charge in [-0.1, -0.05) is 41.7 Å². The molecule has 4 rings (SSSR count). The SMILES string of the molecule is COc1ccccc1C(=O)c1c(NC(C)=O)sc2c1ccc(=O)n2-c1ccccc1. The Balaban J connectivity index is 2.02. The molecule has 0 bridgehead atoms. The smallest absolute Gasteiger partial charge is 0.256 e. The van der Waals surface area contributed by atoms with Gasteiger partial charge in [-0.25, -0.2) is 0 Å². The highest BCUT2D eigenvalue weighted by molar-refractivity contribution is 7.23. The normalized spacial score (nSPS) is 10.7. The van der Waals surface area contributed by atoms with Crippen LogP contribution >= 0.6 is 11.3 Å². The Morgan fingerprint density at radius 3 is 2.37 bits per heavy atom. The van der Waals surface area contributed by atoms with Gasteiger partial charge in [0.1, 0.15) is 15.6 Å². The van der Waals surface area contributed by atoms with E-state index in [4.69, 9.17) is 4.74 Å². The summed E-state index contributed by atoms with van der Waals surface area (Å²) in [5, 5.41) is 3.73. The van der Waals surface area contributed by atoms with E-state index in [0.29, 0.717) is 37.8 Å². The summed E-state index contributed by atoms with van der Waals surface area (Å²) >= 11 is 1.19. The van der Waals surface area contributed by atoms with Crippen molar-refractivity contribution in [3.8, 4) is 11.4 Å². The minimum absolute atomic E-state index is 0.222. The van der Waals surface area contributed by atoms with Crippen molar-refractivity contribution in [3.05, 3.63) is 88.2 Å². The Morgan fingerprint density at radius 2 is 1.67 bits per heavy atom. The zero-order valence-electron chi connectivity index (χ0n) is 16.3. The molecule has 1 amide bonds. The van der Waals surface area contributed by atoms with Crippen molar-refractivity contribution < 1.29 is 14.3 Å². The molecule has 0 unspecified atom stereocenters. The second-order valence-electron chi connectivity index (χ2n) is 6.58. The summed E-state index contributed by atoms with van der Waals surface area (Å²) in [6.07, 6.45) is 0. The molecular formula is C23H18N2O4S. The number of anilines is 1. The number of carbonyl (C=O) groups excluding carboxylic acids is 2. The van der Waals surface area contributed by atoms with Crippen LogP contribution in [0.2, 0.25) is 0 Å². The van der Waals surface area contributed by atoms with E-state index in [1.54, 1.807) is 34.9 Å². The Labute approximate surface area is 176 Å². The Kier molecular flexibility index (Phi) is 5.20. The van der Waals surface area contributed by atoms with Crippen LogP contribution in [0.5, 0.6) is 5.75 Å². The fraction of sp³-hybridized carbons (Fsp3) is 0.0870. The van der Waals surface area contributed by atoms with Crippen molar-refractivity contribution in [3.63, 3.8) is 0 Å². The molecule has 0 saturated heterocycles. The summed E-state index contributed by atoms with van der Waals surface area (Å²) in [5.74, 6) is -0.156. The number of thiophene rings is 1. The van der Waals surface area contributed by atoms with Crippen LogP contribution in [0.4, 0.5) is 5.00 Å². The summed E-state index contributed by atoms with van der Waals surface area (Å²) in [7, 11) is 1.50. The number of hydrogen-bond donors (Lipinski definition) is 1. The fourth-order valence-corrected chi connectivity index (χ4v) is 4.60. The van der Waals surface area contributed by atoms with E-state index in [9.17, 15) is 14.4 Å². The predicted octanol–water partition coefficient (Wildman–Crippen LogP) is 4.25. The maximum atomic E-state index is 13.5. The zero-order valence-corrected chi connectivity index (χ0v) is 17.2. The molecule has 7 heteroatoms. The van der Waals surface area contributed by atoms with Crippen molar-refractivity contribution in [1.82, 2.24) is 4.57 Å². The van der Waals surface area contributed by atoms with E-state index in [2.05, 4.69) is 5.32 Å². The van der Waals surface area contributed by atoms with Crippen molar-refractivity contribution >= 4 is 38.2 Å². The number of amides is 1. The van der Waals surface area contributed by atoms with Crippen LogP contribution in [-0.4, -0.2) is 23.4 Å². The monoisotopic (exact) mass is 418 g/mol. The van der Waals surface area contributed by atoms with Crippen LogP contribution in [0, 0.1) is 0 Å². The number of para-hydroxylation sites is 2. The third-order valence-corrected chi connectivity index (χ3v) is 5.73. The number of aromatic nitrogens is 1. The molecule has 150 valence electrons. The quantitative estimate of drug-likeness (QED) is 0.492. The molecular weight excluding hydrogens is 400 g/mol. The van der Waals surface area contributed by atoms with Gasteiger partial charge in [-0.3, -0.25) is 19.0 Å². The van der Waals surface area contributed by atoms with Crippen LogP contribution < -0.4 is 15.6 Å². The Morgan fingerprint density at radius 1 is 0.967 bits per heavy atom. The molecule has 0 fully saturated rings. The van der Waals surface area contributed by atoms with Gasteiger partial charge < -0.3 is 10.1 Å². The molecule has 0 radical (unpaired) electrons. The van der Waals surface area contributed by atoms with Crippen LogP contribution in [0.3, 0.4) is 0 Å². The van der Waals surface area contributed by atoms with E-state index < -0.39 is 0 Å². The highest BCUT2D eigenvalue weighted by Crippen LogP contribution is 2.38. The minimum atomic E-state index is -0.302. The topological polar surface area (TPSA) is 77.4 Å². The first-order chi connectivity index (χ1) is 14.5. The average Bonchev–Trinajstić information content (AvgIpc) is 3.10. The lowest BCUT2D eigenvalue weighted by atomic mass is 10.0. The van der Waals surface area contributed by atoms with Crippen molar-refractivity contribution in [2.45, 2.75) is 6.92 Å². The van der Waals surface area contributed by atoms with Gasteiger partial charge in [-0.15, -0.1) is 0 Å². The van der Waals surface area contributed by atoms with Gasteiger partial charge in [-0.05, 0) is 30.3 Å². The fourth-order valence-electron chi connectivity index (χ4n) is 3.34. The number of fused-ring (bicyclic) bond motifs is 1. The molecule has 0 aliphatic rings. The molecule has 2 heterocycles. The first kappa shape index (κ1) is 19.6. The van der Waals surface area contributed by atoms with E-state index in [0.717, 1.165) is 0 Å². The maximum absolute atomic E-state index is 13.5. The maximum Gasteiger partial charge on any atom is 0.256 e. The summed E-state index contributed by atoms with van der Waals surface area (Å²) in [5.41, 5.74) is 1.17. The number of carbonyl (C=O) groups is 2. The van der Waals surface area contributed by atoms with E-state index in [-0.39, 0.29) is 17.2 Å². The van der Waals surface area contributed by atoms with Gasteiger partial charge in [0.2, 0.25) is 5.91 Å². The van der Waals surface area contributed by atoms with Gasteiger partial charge in [0, 0.05) is 18.4 Å². The molecule has 2 aromatic heterocycles. The second kappa shape index (κ2) is 7.96. The van der Waals surface area contributed by atoms with Crippen LogP contribution in [0.15, 0.2) is 71.5 Å². The Hall–Kier alpha value is -3.71. The number of benzene rings is 2. The first-order valence-corrected chi connectivity index (χ1v) is 10.0. The molecule has 30 heavy (non-hydrogen) atoms. The van der Waals surface area contributed by atoms with Gasteiger partial charge in [-0.2, -0.15) is 0 Å². The van der Waals surface area contributed by atoms with Gasteiger partial charge >= 0.3 is 0 Å². The second-order valence-corrected chi connectivity index (χ2v) is 7.58. The lowest BCUT2D eigenvalue weighted by molar-refractivity contribution is -0.114. The molecule has 0 atom stereocenters. The molecule has 1 N–H and O–H groups in total. The van der Waals surface area contributed by atoms with Gasteiger partial charge in [0.05, 0.1) is 23.9 Å². The third kappa shape index (κ3) is 3.40. The molecule has 0 aliphatic heterocycles. The minimum Gasteiger partial charge on any atom is -0.496 e. The molecule has 0 aliphatic carbocycles. The number of rotatable bonds is 5. The number of hydrogen-bond acceptors (Lipinski definition) is 5. The standard InChI is InChI=1S/C23H18N2O4S/c1-14(26)24-22-20(21(28)16-10-6-7-11-18(16)29-2)17-12-13-19(27)25(23(17)30-22)15-8-4-3-5-9-15/h3-13H,1-2H3,(H,24,26). The lowest BCUT2D eigenvalue weighted by Gasteiger charge is -2.09. The Bertz CT molecular complexity index is 1320. The number of ether oxygens (including phenoxy) is 1. The molecule has 6 nitrogen and oxygen atoms in total. The molecule has 4 aromatic rings. The van der Waals surface area contributed by atoms with Gasteiger partial charge in [0.15, 0.2) is 5.78 Å². The van der Waals surface area contributed by atoms with Crippen molar-refractivity contribution in [1.29, 1.82) is 0 Å². The van der Waals surface area contributed by atoms with Gasteiger partial charge in [0.25, 0.3) is 5.56 Å². The molecule has 2 aromatic carbocycles. The number of pyridine rings is 1. The van der Waals surface area contributed by atoms with E-state index in [1.807, 2.05) is 30.3 Å². The largest absolute Gasteiger partial charge is 0.496 e. The third-order valence-electron chi connectivity index (χ3n) is 4.62. The first-order valence-electron chi connectivity index (χ1n) is 9.20. The zero-order chi connectivity index (χ0) is 21.3. The number of methoxy groups -OCH3 is 1. The lowest BCUT2D eigenvalue weighted by Crippen LogP contribution is -2.16. The number of nitrogens with one attached hydrogen (secondary N) is 1. The summed E-state index contributed by atoms with van der Waals surface area (Å²) in [6.45, 7) is 1.38. The summed E-state index contributed by atoms with van der Waals surface area (Å²) < 4.78 is 6.90. The van der Waals surface area contributed by atoms with Crippen molar-refractivity contribution in [2.24, 2.45) is 0 Å². The van der Waals surface area contributed by atoms with E-state index >= 15 is 0 Å². The predicted molar refractivity (Wildman–Crippen MR) is 118 cm³/mol.